The second-order valence-electron chi connectivity index (χ2n) is 11.9. The van der Waals surface area contributed by atoms with E-state index < -0.39 is 46.6 Å². The number of ether oxygens (including phenoxy) is 1. The Morgan fingerprint density at radius 1 is 0.981 bits per heavy atom. The number of amides is 2. The first-order chi connectivity index (χ1) is 25.2. The van der Waals surface area contributed by atoms with Gasteiger partial charge in [-0.15, -0.1) is 11.3 Å². The van der Waals surface area contributed by atoms with Gasteiger partial charge in [0.15, 0.2) is 0 Å². The second kappa shape index (κ2) is 16.4. The highest BCUT2D eigenvalue weighted by Crippen LogP contribution is 2.32. The van der Waals surface area contributed by atoms with E-state index in [-0.39, 0.29) is 35.7 Å². The van der Waals surface area contributed by atoms with Crippen LogP contribution in [0.5, 0.6) is 0 Å². The Bertz CT molecular complexity index is 2180. The predicted octanol–water partition coefficient (Wildman–Crippen LogP) is 5.12. The highest BCUT2D eigenvalue weighted by molar-refractivity contribution is 7.89. The molecule has 0 aliphatic carbocycles. The van der Waals surface area contributed by atoms with E-state index in [9.17, 15) is 23.1 Å². The molecule has 52 heavy (non-hydrogen) atoms. The van der Waals surface area contributed by atoms with Crippen LogP contribution in [0.2, 0.25) is 0 Å². The molecule has 0 spiro atoms. The van der Waals surface area contributed by atoms with Crippen molar-refractivity contribution in [1.82, 2.24) is 19.4 Å². The van der Waals surface area contributed by atoms with Crippen molar-refractivity contribution in [2.24, 2.45) is 5.73 Å². The van der Waals surface area contributed by atoms with Crippen molar-refractivity contribution in [1.29, 1.82) is 0 Å². The van der Waals surface area contributed by atoms with Gasteiger partial charge in [-0.25, -0.2) is 23.1 Å². The molecule has 268 valence electrons. The van der Waals surface area contributed by atoms with Crippen LogP contribution in [0.3, 0.4) is 0 Å². The van der Waals surface area contributed by atoms with E-state index in [4.69, 9.17) is 15.0 Å². The molecule has 0 saturated heterocycles. The Morgan fingerprint density at radius 2 is 1.69 bits per heavy atom. The molecule has 0 saturated carbocycles. The van der Waals surface area contributed by atoms with Crippen molar-refractivity contribution in [2.45, 2.75) is 42.3 Å². The fraction of sp³-hybridized carbons (Fsp3) is 0.216. The highest BCUT2D eigenvalue weighted by Gasteiger charge is 2.37. The second-order valence-corrected chi connectivity index (χ2v) is 14.7. The molecule has 15 heteroatoms. The van der Waals surface area contributed by atoms with Crippen molar-refractivity contribution < 1.29 is 32.4 Å². The third kappa shape index (κ3) is 7.78. The van der Waals surface area contributed by atoms with Gasteiger partial charge < -0.3 is 20.1 Å². The number of rotatable bonds is 14. The molecule has 0 aliphatic heterocycles. The SMILES string of the molecule is COC(=O)N(C(=O)[C@@H](N)C(c1ccccc1)c1ccccc1)c1cccnc1CC[C@@H](CO)N(Cc1cnoc1)S(=O)(=O)c1ccc2ncsc2c1. The number of aliphatic hydroxyl groups is 1. The molecule has 3 heterocycles. The van der Waals surface area contributed by atoms with Crippen LogP contribution in [0.4, 0.5) is 10.5 Å². The number of anilines is 1. The lowest BCUT2D eigenvalue weighted by atomic mass is 9.84. The summed E-state index contributed by atoms with van der Waals surface area (Å²) < 4.78 is 40.3. The van der Waals surface area contributed by atoms with Crippen LogP contribution in [-0.4, -0.2) is 70.8 Å². The summed E-state index contributed by atoms with van der Waals surface area (Å²) in [4.78, 5) is 37.4. The van der Waals surface area contributed by atoms with Gasteiger partial charge in [0.05, 0.1) is 58.0 Å². The molecule has 13 nitrogen and oxygen atoms in total. The lowest BCUT2D eigenvalue weighted by Crippen LogP contribution is -2.50. The number of sulfonamides is 1. The number of hydrogen-bond acceptors (Lipinski definition) is 12. The number of aryl methyl sites for hydroxylation is 1. The summed E-state index contributed by atoms with van der Waals surface area (Å²) in [6, 6.07) is 24.2. The molecular formula is C37H36N6O7S2. The van der Waals surface area contributed by atoms with E-state index in [1.54, 1.807) is 29.8 Å². The van der Waals surface area contributed by atoms with Gasteiger partial charge in [-0.1, -0.05) is 65.8 Å². The molecule has 0 bridgehead atoms. The van der Waals surface area contributed by atoms with Gasteiger partial charge in [-0.3, -0.25) is 9.78 Å². The molecule has 6 aromatic rings. The van der Waals surface area contributed by atoms with Crippen molar-refractivity contribution in [2.75, 3.05) is 18.6 Å². The van der Waals surface area contributed by atoms with Gasteiger partial charge in [0.1, 0.15) is 6.26 Å². The lowest BCUT2D eigenvalue weighted by molar-refractivity contribution is -0.119. The number of pyridine rings is 1. The predicted molar refractivity (Wildman–Crippen MR) is 195 cm³/mol. The molecular weight excluding hydrogens is 705 g/mol. The Morgan fingerprint density at radius 3 is 2.33 bits per heavy atom. The molecule has 3 N–H and O–H groups in total. The molecule has 0 fully saturated rings. The Labute approximate surface area is 304 Å². The maximum atomic E-state index is 14.4. The number of fused-ring (bicyclic) bond motifs is 1. The number of nitrogens with two attached hydrogens (primary N) is 1. The van der Waals surface area contributed by atoms with Crippen LogP contribution in [0.25, 0.3) is 10.2 Å². The number of benzene rings is 3. The molecule has 2 atom stereocenters. The number of aromatic nitrogens is 3. The minimum atomic E-state index is -4.19. The maximum absolute atomic E-state index is 14.4. The quantitative estimate of drug-likeness (QED) is 0.151. The van der Waals surface area contributed by atoms with Crippen molar-refractivity contribution in [3.63, 3.8) is 0 Å². The number of nitrogens with zero attached hydrogens (tertiary/aromatic N) is 5. The number of carbonyl (C=O) groups excluding carboxylic acids is 2. The van der Waals surface area contributed by atoms with Crippen molar-refractivity contribution >= 4 is 49.3 Å². The van der Waals surface area contributed by atoms with Crippen molar-refractivity contribution in [3.8, 4) is 0 Å². The average Bonchev–Trinajstić information content (AvgIpc) is 3.88. The van der Waals surface area contributed by atoms with E-state index in [2.05, 4.69) is 15.1 Å². The van der Waals surface area contributed by atoms with Gasteiger partial charge in [0.2, 0.25) is 10.0 Å². The average molecular weight is 741 g/mol. The molecule has 0 unspecified atom stereocenters. The lowest BCUT2D eigenvalue weighted by Gasteiger charge is -2.31. The number of thiazole rings is 1. The Hall–Kier alpha value is -5.32. The minimum absolute atomic E-state index is 0.0283. The Kier molecular flexibility index (Phi) is 11.5. The first kappa shape index (κ1) is 36.5. The molecule has 6 rings (SSSR count). The van der Waals surface area contributed by atoms with Crippen LogP contribution in [0.1, 0.15) is 34.7 Å². The number of carbonyl (C=O) groups is 2. The van der Waals surface area contributed by atoms with E-state index in [0.717, 1.165) is 23.1 Å². The maximum Gasteiger partial charge on any atom is 0.421 e. The van der Waals surface area contributed by atoms with Gasteiger partial charge in [-0.05, 0) is 54.3 Å². The summed E-state index contributed by atoms with van der Waals surface area (Å²) in [6.07, 6.45) is 3.38. The first-order valence-corrected chi connectivity index (χ1v) is 18.6. The number of imide groups is 1. The summed E-state index contributed by atoms with van der Waals surface area (Å²) >= 11 is 1.31. The van der Waals surface area contributed by atoms with E-state index >= 15 is 0 Å². The summed E-state index contributed by atoms with van der Waals surface area (Å²) in [5, 5.41) is 14.4. The van der Waals surface area contributed by atoms with Crippen LogP contribution in [0, 0.1) is 0 Å². The minimum Gasteiger partial charge on any atom is -0.452 e. The first-order valence-electron chi connectivity index (χ1n) is 16.3. The standard InChI is InChI=1S/C37H36N6O7S2/c1-49-37(46)43(36(45)35(38)34(26-9-4-2-5-10-26)27-11-6-3-7-12-27)32-13-8-18-39-30(32)16-14-28(22-44)42(21-25-20-41-50-23-25)52(47,48)29-15-17-31-33(19-29)51-24-40-31/h2-13,15,17-20,23-24,28,34-35,44H,14,16,21-22,38H2,1H3/t28-,35-/m0/s1. The van der Waals surface area contributed by atoms with E-state index in [1.165, 1.54) is 40.4 Å². The summed E-state index contributed by atoms with van der Waals surface area (Å²) in [7, 11) is -3.02. The number of aliphatic hydroxyl groups excluding tert-OH is 1. The van der Waals surface area contributed by atoms with Crippen LogP contribution in [0.15, 0.2) is 125 Å². The van der Waals surface area contributed by atoms with Crippen LogP contribution in [-0.2, 0) is 32.5 Å². The number of hydrogen-bond donors (Lipinski definition) is 2. The Balaban J connectivity index is 1.32. The smallest absolute Gasteiger partial charge is 0.421 e. The molecule has 3 aromatic carbocycles. The summed E-state index contributed by atoms with van der Waals surface area (Å²) in [5.41, 5.74) is 11.5. The van der Waals surface area contributed by atoms with Gasteiger partial charge >= 0.3 is 6.09 Å². The van der Waals surface area contributed by atoms with Gasteiger partial charge in [0, 0.05) is 30.3 Å². The molecule has 3 aromatic heterocycles. The van der Waals surface area contributed by atoms with Gasteiger partial charge in [-0.2, -0.15) is 4.31 Å². The summed E-state index contributed by atoms with van der Waals surface area (Å²) in [6.45, 7) is -0.690. The third-order valence-electron chi connectivity index (χ3n) is 8.71. The topological polar surface area (TPSA) is 182 Å². The molecule has 2 amide bonds. The van der Waals surface area contributed by atoms with Crippen LogP contribution < -0.4 is 10.6 Å². The number of methoxy groups -OCH3 is 1. The fourth-order valence-corrected chi connectivity index (χ4v) is 8.55. The van der Waals surface area contributed by atoms with Crippen molar-refractivity contribution in [3.05, 3.63) is 138 Å². The normalized spacial score (nSPS) is 12.9. The zero-order chi connectivity index (χ0) is 36.7. The third-order valence-corrected chi connectivity index (χ3v) is 11.4. The zero-order valence-electron chi connectivity index (χ0n) is 28.1. The summed E-state index contributed by atoms with van der Waals surface area (Å²) in [5.74, 6) is -1.34. The largest absolute Gasteiger partial charge is 0.452 e. The molecule has 0 radical (unpaired) electrons. The monoisotopic (exact) mass is 740 g/mol. The fourth-order valence-electron chi connectivity index (χ4n) is 6.10. The zero-order valence-corrected chi connectivity index (χ0v) is 29.7. The van der Waals surface area contributed by atoms with Gasteiger partial charge in [0.25, 0.3) is 5.91 Å². The van der Waals surface area contributed by atoms with E-state index in [1.807, 2.05) is 60.7 Å². The molecule has 0 aliphatic rings. The highest BCUT2D eigenvalue weighted by atomic mass is 32.2. The van der Waals surface area contributed by atoms with E-state index in [0.29, 0.717) is 15.8 Å². The van der Waals surface area contributed by atoms with Crippen LogP contribution >= 0.6 is 11.3 Å².